The molecule has 2 N–H and O–H groups in total. The Morgan fingerprint density at radius 1 is 1.11 bits per heavy atom. The molecule has 0 saturated carbocycles. The largest absolute Gasteiger partial charge is 0.434 e. The van der Waals surface area contributed by atoms with Gasteiger partial charge in [-0.1, -0.05) is 24.3 Å². The molecule has 2 rings (SSSR count). The van der Waals surface area contributed by atoms with Crippen molar-refractivity contribution >= 4 is 23.7 Å². The molecule has 18 heavy (non-hydrogen) atoms. The molecule has 1 heterocycles. The van der Waals surface area contributed by atoms with Crippen molar-refractivity contribution in [3.8, 4) is 5.75 Å². The van der Waals surface area contributed by atoms with Gasteiger partial charge in [0.2, 0.25) is 0 Å². The van der Waals surface area contributed by atoms with E-state index in [1.165, 1.54) is 17.4 Å². The first kappa shape index (κ1) is 14.9. The molecule has 0 saturated heterocycles. The van der Waals surface area contributed by atoms with E-state index in [-0.39, 0.29) is 18.2 Å². The highest BCUT2D eigenvalue weighted by molar-refractivity contribution is 7.10. The Labute approximate surface area is 114 Å². The molecular formula is C12H12ClF2NOS. The Kier molecular flexibility index (Phi) is 5.53. The van der Waals surface area contributed by atoms with Crippen LogP contribution in [0.1, 0.15) is 16.5 Å². The number of ether oxygens (including phenoxy) is 1. The van der Waals surface area contributed by atoms with Crippen molar-refractivity contribution < 1.29 is 13.5 Å². The van der Waals surface area contributed by atoms with E-state index >= 15 is 0 Å². The van der Waals surface area contributed by atoms with Crippen LogP contribution in [0.15, 0.2) is 41.8 Å². The number of hydrogen-bond acceptors (Lipinski definition) is 3. The molecule has 0 spiro atoms. The van der Waals surface area contributed by atoms with Crippen LogP contribution in [0, 0.1) is 0 Å². The fourth-order valence-electron chi connectivity index (χ4n) is 1.56. The molecule has 0 radical (unpaired) electrons. The summed E-state index contributed by atoms with van der Waals surface area (Å²) in [6.45, 7) is -2.84. The van der Waals surface area contributed by atoms with Crippen LogP contribution in [0.2, 0.25) is 0 Å². The molecule has 1 aromatic heterocycles. The van der Waals surface area contributed by atoms with Gasteiger partial charge in [-0.25, -0.2) is 0 Å². The second-order valence-electron chi connectivity index (χ2n) is 3.41. The Morgan fingerprint density at radius 3 is 2.44 bits per heavy atom. The van der Waals surface area contributed by atoms with Gasteiger partial charge >= 0.3 is 6.61 Å². The molecular weight excluding hydrogens is 280 g/mol. The fourth-order valence-corrected chi connectivity index (χ4v) is 2.31. The number of halogens is 3. The summed E-state index contributed by atoms with van der Waals surface area (Å²) < 4.78 is 28.9. The van der Waals surface area contributed by atoms with Crippen molar-refractivity contribution in [2.24, 2.45) is 5.73 Å². The number of alkyl halides is 2. The minimum absolute atomic E-state index is 0. The standard InChI is InChI=1S/C12H11F2NOS.ClH/c13-12(14)16-9-5-2-1-4-8(9)11(15)10-6-3-7-17-10;/h1-7,11-12H,15H2;1H/t11-;/m0./s1. The van der Waals surface area contributed by atoms with Crippen molar-refractivity contribution in [1.82, 2.24) is 0 Å². The van der Waals surface area contributed by atoms with E-state index in [9.17, 15) is 8.78 Å². The molecule has 0 aliphatic carbocycles. The Balaban J connectivity index is 0.00000162. The first-order chi connectivity index (χ1) is 8.18. The Morgan fingerprint density at radius 2 is 1.83 bits per heavy atom. The van der Waals surface area contributed by atoms with Crippen LogP contribution < -0.4 is 10.5 Å². The lowest BCUT2D eigenvalue weighted by Gasteiger charge is -2.15. The monoisotopic (exact) mass is 291 g/mol. The van der Waals surface area contributed by atoms with E-state index in [0.29, 0.717) is 5.56 Å². The molecule has 0 amide bonds. The number of benzene rings is 1. The number of para-hydroxylation sites is 1. The molecule has 2 aromatic rings. The molecule has 0 unspecified atom stereocenters. The van der Waals surface area contributed by atoms with Crippen LogP contribution in [-0.4, -0.2) is 6.61 Å². The van der Waals surface area contributed by atoms with Gasteiger partial charge in [-0.15, -0.1) is 23.7 Å². The van der Waals surface area contributed by atoms with Gasteiger partial charge in [-0.05, 0) is 17.5 Å². The zero-order chi connectivity index (χ0) is 12.3. The first-order valence-corrected chi connectivity index (χ1v) is 5.89. The molecule has 98 valence electrons. The lowest BCUT2D eigenvalue weighted by atomic mass is 10.1. The molecule has 0 fully saturated rings. The van der Waals surface area contributed by atoms with Crippen LogP contribution in [0.3, 0.4) is 0 Å². The quantitative estimate of drug-likeness (QED) is 0.929. The number of rotatable bonds is 4. The molecule has 2 nitrogen and oxygen atoms in total. The van der Waals surface area contributed by atoms with Crippen LogP contribution in [0.25, 0.3) is 0 Å². The van der Waals surface area contributed by atoms with E-state index in [1.807, 2.05) is 17.5 Å². The van der Waals surface area contributed by atoms with Crippen LogP contribution in [0.5, 0.6) is 5.75 Å². The normalized spacial score (nSPS) is 12.0. The third-order valence-corrected chi connectivity index (χ3v) is 3.28. The lowest BCUT2D eigenvalue weighted by molar-refractivity contribution is -0.0505. The van der Waals surface area contributed by atoms with Gasteiger partial charge in [0.25, 0.3) is 0 Å². The second kappa shape index (κ2) is 6.68. The van der Waals surface area contributed by atoms with Crippen molar-refractivity contribution in [1.29, 1.82) is 0 Å². The molecule has 0 aliphatic rings. The smallest absolute Gasteiger partial charge is 0.387 e. The summed E-state index contributed by atoms with van der Waals surface area (Å²) >= 11 is 1.49. The average Bonchev–Trinajstić information content (AvgIpc) is 2.81. The SMILES string of the molecule is Cl.N[C@H](c1cccs1)c1ccccc1OC(F)F. The van der Waals surface area contributed by atoms with Crippen LogP contribution in [0.4, 0.5) is 8.78 Å². The molecule has 1 aromatic carbocycles. The summed E-state index contributed by atoms with van der Waals surface area (Å²) in [6.07, 6.45) is 0. The number of nitrogens with two attached hydrogens (primary N) is 1. The summed E-state index contributed by atoms with van der Waals surface area (Å²) in [7, 11) is 0. The number of hydrogen-bond donors (Lipinski definition) is 1. The van der Waals surface area contributed by atoms with Crippen molar-refractivity contribution in [2.75, 3.05) is 0 Å². The van der Waals surface area contributed by atoms with Gasteiger partial charge in [0.15, 0.2) is 0 Å². The van der Waals surface area contributed by atoms with Gasteiger partial charge in [-0.3, -0.25) is 0 Å². The van der Waals surface area contributed by atoms with Gasteiger partial charge in [-0.2, -0.15) is 8.78 Å². The maximum atomic E-state index is 12.2. The molecule has 6 heteroatoms. The van der Waals surface area contributed by atoms with E-state index in [4.69, 9.17) is 5.73 Å². The average molecular weight is 292 g/mol. The van der Waals surface area contributed by atoms with Crippen molar-refractivity contribution in [3.63, 3.8) is 0 Å². The van der Waals surface area contributed by atoms with Crippen molar-refractivity contribution in [2.45, 2.75) is 12.7 Å². The Hall–Kier alpha value is -1.17. The van der Waals surface area contributed by atoms with Gasteiger partial charge < -0.3 is 10.5 Å². The van der Waals surface area contributed by atoms with Crippen LogP contribution in [-0.2, 0) is 0 Å². The fraction of sp³-hybridized carbons (Fsp3) is 0.167. The van der Waals surface area contributed by atoms with Gasteiger partial charge in [0, 0.05) is 10.4 Å². The summed E-state index contributed by atoms with van der Waals surface area (Å²) in [5.74, 6) is 0.128. The van der Waals surface area contributed by atoms with E-state index in [0.717, 1.165) is 4.88 Å². The second-order valence-corrected chi connectivity index (χ2v) is 4.39. The Bertz CT molecular complexity index is 479. The third-order valence-electron chi connectivity index (χ3n) is 2.32. The predicted molar refractivity (Wildman–Crippen MR) is 70.7 cm³/mol. The number of thiophene rings is 1. The minimum atomic E-state index is -2.84. The maximum Gasteiger partial charge on any atom is 0.387 e. The van der Waals surface area contributed by atoms with Crippen LogP contribution >= 0.6 is 23.7 Å². The first-order valence-electron chi connectivity index (χ1n) is 5.01. The lowest BCUT2D eigenvalue weighted by Crippen LogP contribution is -2.13. The highest BCUT2D eigenvalue weighted by Gasteiger charge is 2.16. The maximum absolute atomic E-state index is 12.2. The highest BCUT2D eigenvalue weighted by atomic mass is 35.5. The van der Waals surface area contributed by atoms with Gasteiger partial charge in [0.05, 0.1) is 6.04 Å². The third kappa shape index (κ3) is 3.41. The van der Waals surface area contributed by atoms with Gasteiger partial charge in [0.1, 0.15) is 5.75 Å². The molecule has 1 atom stereocenters. The zero-order valence-corrected chi connectivity index (χ0v) is 10.9. The summed E-state index contributed by atoms with van der Waals surface area (Å²) in [5, 5.41) is 1.89. The topological polar surface area (TPSA) is 35.2 Å². The summed E-state index contributed by atoms with van der Waals surface area (Å²) in [6, 6.07) is 9.89. The zero-order valence-electron chi connectivity index (χ0n) is 9.25. The minimum Gasteiger partial charge on any atom is -0.434 e. The highest BCUT2D eigenvalue weighted by Crippen LogP contribution is 2.31. The molecule has 0 bridgehead atoms. The van der Waals surface area contributed by atoms with E-state index < -0.39 is 12.7 Å². The predicted octanol–water partition coefficient (Wildman–Crippen LogP) is 3.82. The molecule has 0 aliphatic heterocycles. The van der Waals surface area contributed by atoms with E-state index in [2.05, 4.69) is 4.74 Å². The van der Waals surface area contributed by atoms with Crippen molar-refractivity contribution in [3.05, 3.63) is 52.2 Å². The summed E-state index contributed by atoms with van der Waals surface area (Å²) in [5.41, 5.74) is 6.59. The van der Waals surface area contributed by atoms with E-state index in [1.54, 1.807) is 18.2 Å². The summed E-state index contributed by atoms with van der Waals surface area (Å²) in [4.78, 5) is 0.912.